The van der Waals surface area contributed by atoms with Gasteiger partial charge in [-0.25, -0.2) is 0 Å². The van der Waals surface area contributed by atoms with Crippen LogP contribution in [0.3, 0.4) is 0 Å². The zero-order valence-corrected chi connectivity index (χ0v) is 8.37. The van der Waals surface area contributed by atoms with Gasteiger partial charge in [-0.3, -0.25) is 0 Å². The molecular formula is C10H19NO2. The number of nitrogens with zero attached hydrogens (tertiary/aromatic N) is 1. The van der Waals surface area contributed by atoms with Gasteiger partial charge in [0, 0.05) is 6.54 Å². The molecule has 0 aromatic heterocycles. The Labute approximate surface area is 80.0 Å². The average molecular weight is 185 g/mol. The van der Waals surface area contributed by atoms with Gasteiger partial charge in [-0.2, -0.15) is 0 Å². The molecule has 0 amide bonds. The predicted octanol–water partition coefficient (Wildman–Crippen LogP) is 0.886. The van der Waals surface area contributed by atoms with Crippen molar-refractivity contribution in [2.45, 2.75) is 32.0 Å². The summed E-state index contributed by atoms with van der Waals surface area (Å²) in [5.41, 5.74) is 0. The van der Waals surface area contributed by atoms with Gasteiger partial charge in [-0.05, 0) is 25.9 Å². The van der Waals surface area contributed by atoms with E-state index in [0.29, 0.717) is 12.2 Å². The lowest BCUT2D eigenvalue weighted by molar-refractivity contribution is -0.00514. The number of rotatable bonds is 4. The van der Waals surface area contributed by atoms with E-state index in [4.69, 9.17) is 9.47 Å². The molecule has 2 aliphatic heterocycles. The number of likely N-dealkylation sites (tertiary alicyclic amines) is 1. The van der Waals surface area contributed by atoms with Gasteiger partial charge >= 0.3 is 0 Å². The fourth-order valence-electron chi connectivity index (χ4n) is 1.84. The second-order valence-corrected chi connectivity index (χ2v) is 3.95. The normalized spacial score (nSPS) is 34.8. The number of hydrogen-bond acceptors (Lipinski definition) is 3. The molecule has 76 valence electrons. The van der Waals surface area contributed by atoms with E-state index in [2.05, 4.69) is 11.8 Å². The van der Waals surface area contributed by atoms with Crippen molar-refractivity contribution in [1.82, 2.24) is 4.90 Å². The van der Waals surface area contributed by atoms with Gasteiger partial charge in [0.2, 0.25) is 0 Å². The van der Waals surface area contributed by atoms with Crippen LogP contribution in [0.1, 0.15) is 19.8 Å². The van der Waals surface area contributed by atoms with Crippen LogP contribution in [0.4, 0.5) is 0 Å². The van der Waals surface area contributed by atoms with Crippen LogP contribution >= 0.6 is 0 Å². The summed E-state index contributed by atoms with van der Waals surface area (Å²) in [7, 11) is 0. The second kappa shape index (κ2) is 4.40. The largest absolute Gasteiger partial charge is 0.374 e. The molecule has 0 radical (unpaired) electrons. The van der Waals surface area contributed by atoms with Crippen molar-refractivity contribution >= 4 is 0 Å². The summed E-state index contributed by atoms with van der Waals surface area (Å²) in [5.74, 6) is 0. The first kappa shape index (κ1) is 9.44. The van der Waals surface area contributed by atoms with Crippen molar-refractivity contribution in [2.24, 2.45) is 0 Å². The Morgan fingerprint density at radius 1 is 1.54 bits per heavy atom. The summed E-state index contributed by atoms with van der Waals surface area (Å²) in [6.45, 7) is 7.44. The molecule has 2 atom stereocenters. The topological polar surface area (TPSA) is 25.0 Å². The Morgan fingerprint density at radius 2 is 2.38 bits per heavy atom. The number of ether oxygens (including phenoxy) is 2. The van der Waals surface area contributed by atoms with Crippen molar-refractivity contribution in [3.63, 3.8) is 0 Å². The highest BCUT2D eigenvalue weighted by Gasteiger charge is 2.26. The fraction of sp³-hybridized carbons (Fsp3) is 1.00. The van der Waals surface area contributed by atoms with E-state index in [-0.39, 0.29) is 0 Å². The van der Waals surface area contributed by atoms with Crippen molar-refractivity contribution < 1.29 is 9.47 Å². The van der Waals surface area contributed by atoms with E-state index in [1.807, 2.05) is 0 Å². The number of piperidine rings is 1. The standard InChI is InChI=1S/C10H19NO2/c1-2-11-5-3-4-9(6-11)12-7-10-8-13-10/h9-10H,2-8H2,1H3/t9-,10+/m0/s1. The lowest BCUT2D eigenvalue weighted by Crippen LogP contribution is -2.39. The number of epoxide rings is 1. The molecule has 2 rings (SSSR count). The Kier molecular flexibility index (Phi) is 3.19. The Hall–Kier alpha value is -0.120. The van der Waals surface area contributed by atoms with Crippen LogP contribution < -0.4 is 0 Å². The summed E-state index contributed by atoms with van der Waals surface area (Å²) in [4.78, 5) is 2.46. The molecule has 2 saturated heterocycles. The summed E-state index contributed by atoms with van der Waals surface area (Å²) in [5, 5.41) is 0. The maximum atomic E-state index is 5.77. The molecule has 2 fully saturated rings. The Bertz CT molecular complexity index is 159. The third-order valence-electron chi connectivity index (χ3n) is 2.83. The highest BCUT2D eigenvalue weighted by molar-refractivity contribution is 4.74. The number of likely N-dealkylation sites (N-methyl/N-ethyl adjacent to an activating group) is 1. The van der Waals surface area contributed by atoms with Crippen LogP contribution in [0.25, 0.3) is 0 Å². The maximum absolute atomic E-state index is 5.77. The van der Waals surface area contributed by atoms with E-state index in [9.17, 15) is 0 Å². The fourth-order valence-corrected chi connectivity index (χ4v) is 1.84. The molecule has 3 nitrogen and oxygen atoms in total. The monoisotopic (exact) mass is 185 g/mol. The van der Waals surface area contributed by atoms with E-state index in [1.54, 1.807) is 0 Å². The van der Waals surface area contributed by atoms with Gasteiger partial charge in [0.05, 0.1) is 19.3 Å². The first-order valence-corrected chi connectivity index (χ1v) is 5.34. The highest BCUT2D eigenvalue weighted by atomic mass is 16.6. The van der Waals surface area contributed by atoms with Gasteiger partial charge in [-0.15, -0.1) is 0 Å². The second-order valence-electron chi connectivity index (χ2n) is 3.95. The SMILES string of the molecule is CCN1CCC[C@H](OC[C@@H]2CO2)C1. The van der Waals surface area contributed by atoms with E-state index in [1.165, 1.54) is 19.4 Å². The number of hydrogen-bond donors (Lipinski definition) is 0. The molecule has 0 aliphatic carbocycles. The lowest BCUT2D eigenvalue weighted by Gasteiger charge is -2.31. The van der Waals surface area contributed by atoms with Crippen molar-refractivity contribution in [2.75, 3.05) is 32.8 Å². The smallest absolute Gasteiger partial charge is 0.104 e. The van der Waals surface area contributed by atoms with E-state index >= 15 is 0 Å². The molecule has 3 heteroatoms. The highest BCUT2D eigenvalue weighted by Crippen LogP contribution is 2.16. The van der Waals surface area contributed by atoms with Crippen LogP contribution in [-0.2, 0) is 9.47 Å². The third kappa shape index (κ3) is 2.93. The predicted molar refractivity (Wildman–Crippen MR) is 50.8 cm³/mol. The maximum Gasteiger partial charge on any atom is 0.104 e. The van der Waals surface area contributed by atoms with Gasteiger partial charge < -0.3 is 14.4 Å². The Balaban J connectivity index is 1.65. The minimum Gasteiger partial charge on any atom is -0.374 e. The van der Waals surface area contributed by atoms with Crippen LogP contribution in [0, 0.1) is 0 Å². The molecule has 0 spiro atoms. The molecule has 0 saturated carbocycles. The first-order valence-electron chi connectivity index (χ1n) is 5.34. The van der Waals surface area contributed by atoms with Crippen molar-refractivity contribution in [3.05, 3.63) is 0 Å². The summed E-state index contributed by atoms with van der Waals surface area (Å²) < 4.78 is 10.9. The summed E-state index contributed by atoms with van der Waals surface area (Å²) in [6, 6.07) is 0. The van der Waals surface area contributed by atoms with Crippen molar-refractivity contribution in [3.8, 4) is 0 Å². The minimum absolute atomic E-state index is 0.414. The van der Waals surface area contributed by atoms with Gasteiger partial charge in [0.25, 0.3) is 0 Å². The first-order chi connectivity index (χ1) is 6.38. The molecule has 2 heterocycles. The molecule has 0 unspecified atom stereocenters. The molecule has 13 heavy (non-hydrogen) atoms. The summed E-state index contributed by atoms with van der Waals surface area (Å²) >= 11 is 0. The molecule has 2 aliphatic rings. The minimum atomic E-state index is 0.414. The van der Waals surface area contributed by atoms with Crippen LogP contribution in [0.5, 0.6) is 0 Å². The quantitative estimate of drug-likeness (QED) is 0.608. The zero-order chi connectivity index (χ0) is 9.10. The average Bonchev–Trinajstić information content (AvgIpc) is 2.99. The van der Waals surface area contributed by atoms with Gasteiger partial charge in [0.15, 0.2) is 0 Å². The Morgan fingerprint density at radius 3 is 3.08 bits per heavy atom. The van der Waals surface area contributed by atoms with Gasteiger partial charge in [-0.1, -0.05) is 6.92 Å². The molecule has 0 N–H and O–H groups in total. The zero-order valence-electron chi connectivity index (χ0n) is 8.37. The lowest BCUT2D eigenvalue weighted by atomic mass is 10.1. The van der Waals surface area contributed by atoms with Gasteiger partial charge in [0.1, 0.15) is 6.10 Å². The summed E-state index contributed by atoms with van der Waals surface area (Å²) in [6.07, 6.45) is 3.38. The molecular weight excluding hydrogens is 166 g/mol. The third-order valence-corrected chi connectivity index (χ3v) is 2.83. The van der Waals surface area contributed by atoms with Crippen LogP contribution in [0.2, 0.25) is 0 Å². The van der Waals surface area contributed by atoms with E-state index < -0.39 is 0 Å². The van der Waals surface area contributed by atoms with Crippen LogP contribution in [0.15, 0.2) is 0 Å². The van der Waals surface area contributed by atoms with Crippen LogP contribution in [-0.4, -0.2) is 50.0 Å². The molecule has 0 aromatic rings. The van der Waals surface area contributed by atoms with E-state index in [0.717, 1.165) is 26.3 Å². The molecule has 0 aromatic carbocycles. The molecule has 0 bridgehead atoms. The van der Waals surface area contributed by atoms with Crippen molar-refractivity contribution in [1.29, 1.82) is 0 Å².